The van der Waals surface area contributed by atoms with Gasteiger partial charge in [-0.2, -0.15) is 0 Å². The number of imidazole rings is 1. The molecule has 0 radical (unpaired) electrons. The second-order valence-electron chi connectivity index (χ2n) is 4.58. The number of aromatic nitrogens is 2. The Morgan fingerprint density at radius 2 is 2.12 bits per heavy atom. The van der Waals surface area contributed by atoms with Crippen LogP contribution >= 0.6 is 0 Å². The average molecular weight is 223 g/mol. The minimum Gasteiger partial charge on any atom is -0.335 e. The summed E-state index contributed by atoms with van der Waals surface area (Å²) in [6.45, 7) is 10.9. The van der Waals surface area contributed by atoms with Crippen LogP contribution in [0.25, 0.3) is 0 Å². The van der Waals surface area contributed by atoms with Crippen molar-refractivity contribution in [3.63, 3.8) is 0 Å². The fourth-order valence-electron chi connectivity index (χ4n) is 2.07. The molecule has 0 saturated heterocycles. The van der Waals surface area contributed by atoms with Crippen molar-refractivity contribution in [1.29, 1.82) is 0 Å². The largest absolute Gasteiger partial charge is 0.335 e. The lowest BCUT2D eigenvalue weighted by molar-refractivity contribution is 0.381. The van der Waals surface area contributed by atoms with Gasteiger partial charge in [-0.15, -0.1) is 0 Å². The molecule has 1 unspecified atom stereocenters. The highest BCUT2D eigenvalue weighted by atomic mass is 15.1. The van der Waals surface area contributed by atoms with Gasteiger partial charge in [0, 0.05) is 31.4 Å². The minimum absolute atomic E-state index is 0.604. The van der Waals surface area contributed by atoms with Gasteiger partial charge in [-0.1, -0.05) is 20.8 Å². The normalized spacial score (nSPS) is 13.3. The zero-order valence-electron chi connectivity index (χ0n) is 11.0. The SMILES string of the molecule is CCNC(CCc1nccn1CC)C(C)C. The van der Waals surface area contributed by atoms with Crippen LogP contribution in [0.2, 0.25) is 0 Å². The quantitative estimate of drug-likeness (QED) is 0.769. The van der Waals surface area contributed by atoms with Crippen molar-refractivity contribution >= 4 is 0 Å². The second kappa shape index (κ2) is 6.69. The van der Waals surface area contributed by atoms with Crippen LogP contribution in [0.3, 0.4) is 0 Å². The fraction of sp³-hybridized carbons (Fsp3) is 0.769. The number of hydrogen-bond acceptors (Lipinski definition) is 2. The molecule has 0 aromatic carbocycles. The second-order valence-corrected chi connectivity index (χ2v) is 4.58. The zero-order valence-corrected chi connectivity index (χ0v) is 11.0. The van der Waals surface area contributed by atoms with E-state index in [0.717, 1.165) is 19.5 Å². The number of nitrogens with zero attached hydrogens (tertiary/aromatic N) is 2. The molecule has 1 rings (SSSR count). The van der Waals surface area contributed by atoms with E-state index in [1.807, 2.05) is 6.20 Å². The third kappa shape index (κ3) is 3.63. The third-order valence-electron chi connectivity index (χ3n) is 3.09. The molecule has 0 saturated carbocycles. The van der Waals surface area contributed by atoms with Gasteiger partial charge in [-0.3, -0.25) is 0 Å². The van der Waals surface area contributed by atoms with Crippen LogP contribution < -0.4 is 5.32 Å². The Hall–Kier alpha value is -0.830. The van der Waals surface area contributed by atoms with Gasteiger partial charge in [0.2, 0.25) is 0 Å². The molecule has 1 heterocycles. The molecular weight excluding hydrogens is 198 g/mol. The monoisotopic (exact) mass is 223 g/mol. The molecule has 92 valence electrons. The lowest BCUT2D eigenvalue weighted by Gasteiger charge is -2.21. The van der Waals surface area contributed by atoms with Gasteiger partial charge in [-0.25, -0.2) is 4.98 Å². The average Bonchev–Trinajstić information content (AvgIpc) is 2.71. The third-order valence-corrected chi connectivity index (χ3v) is 3.09. The van der Waals surface area contributed by atoms with Crippen LogP contribution in [0, 0.1) is 5.92 Å². The summed E-state index contributed by atoms with van der Waals surface area (Å²) >= 11 is 0. The first kappa shape index (κ1) is 13.2. The molecule has 0 amide bonds. The summed E-state index contributed by atoms with van der Waals surface area (Å²) < 4.78 is 2.23. The highest BCUT2D eigenvalue weighted by Crippen LogP contribution is 2.10. The van der Waals surface area contributed by atoms with Crippen molar-refractivity contribution in [2.45, 2.75) is 53.1 Å². The van der Waals surface area contributed by atoms with E-state index in [4.69, 9.17) is 0 Å². The summed E-state index contributed by atoms with van der Waals surface area (Å²) in [5.41, 5.74) is 0. The predicted molar refractivity (Wildman–Crippen MR) is 68.5 cm³/mol. The van der Waals surface area contributed by atoms with Crippen LogP contribution in [0.15, 0.2) is 12.4 Å². The summed E-state index contributed by atoms with van der Waals surface area (Å²) in [6, 6.07) is 0.604. The van der Waals surface area contributed by atoms with Gasteiger partial charge in [0.1, 0.15) is 5.82 Å². The highest BCUT2D eigenvalue weighted by molar-refractivity contribution is 4.93. The van der Waals surface area contributed by atoms with E-state index >= 15 is 0 Å². The molecule has 3 nitrogen and oxygen atoms in total. The van der Waals surface area contributed by atoms with Gasteiger partial charge < -0.3 is 9.88 Å². The number of aryl methyl sites for hydroxylation is 2. The summed E-state index contributed by atoms with van der Waals surface area (Å²) in [7, 11) is 0. The molecule has 1 atom stereocenters. The van der Waals surface area contributed by atoms with Gasteiger partial charge in [0.05, 0.1) is 0 Å². The maximum atomic E-state index is 4.41. The van der Waals surface area contributed by atoms with E-state index in [1.165, 1.54) is 12.2 Å². The van der Waals surface area contributed by atoms with E-state index in [-0.39, 0.29) is 0 Å². The topological polar surface area (TPSA) is 29.9 Å². The first-order valence-electron chi connectivity index (χ1n) is 6.42. The molecule has 0 bridgehead atoms. The summed E-state index contributed by atoms with van der Waals surface area (Å²) in [6.07, 6.45) is 6.20. The fourth-order valence-corrected chi connectivity index (χ4v) is 2.07. The standard InChI is InChI=1S/C13H25N3/c1-5-14-12(11(3)4)7-8-13-15-9-10-16(13)6-2/h9-12,14H,5-8H2,1-4H3. The summed E-state index contributed by atoms with van der Waals surface area (Å²) in [5, 5.41) is 3.54. The Morgan fingerprint density at radius 3 is 2.69 bits per heavy atom. The highest BCUT2D eigenvalue weighted by Gasteiger charge is 2.13. The van der Waals surface area contributed by atoms with Crippen molar-refractivity contribution in [1.82, 2.24) is 14.9 Å². The van der Waals surface area contributed by atoms with Crippen molar-refractivity contribution < 1.29 is 0 Å². The molecule has 0 aliphatic carbocycles. The predicted octanol–water partition coefficient (Wildman–Crippen LogP) is 2.47. The Balaban J connectivity index is 2.48. The smallest absolute Gasteiger partial charge is 0.108 e. The number of rotatable bonds is 7. The summed E-state index contributed by atoms with van der Waals surface area (Å²) in [5.74, 6) is 1.90. The van der Waals surface area contributed by atoms with Gasteiger partial charge in [-0.05, 0) is 25.8 Å². The molecule has 0 spiro atoms. The Bertz CT molecular complexity index is 291. The maximum Gasteiger partial charge on any atom is 0.108 e. The van der Waals surface area contributed by atoms with Crippen molar-refractivity contribution in [2.24, 2.45) is 5.92 Å². The Morgan fingerprint density at radius 1 is 1.38 bits per heavy atom. The zero-order chi connectivity index (χ0) is 12.0. The number of nitrogens with one attached hydrogen (secondary N) is 1. The molecule has 1 N–H and O–H groups in total. The first-order valence-corrected chi connectivity index (χ1v) is 6.42. The van der Waals surface area contributed by atoms with Crippen molar-refractivity contribution in [3.8, 4) is 0 Å². The molecule has 1 aromatic rings. The van der Waals surface area contributed by atoms with E-state index < -0.39 is 0 Å². The minimum atomic E-state index is 0.604. The van der Waals surface area contributed by atoms with E-state index in [0.29, 0.717) is 12.0 Å². The number of hydrogen-bond donors (Lipinski definition) is 1. The van der Waals surface area contributed by atoms with Crippen LogP contribution in [0.1, 0.15) is 39.9 Å². The first-order chi connectivity index (χ1) is 7.69. The lowest BCUT2D eigenvalue weighted by atomic mass is 9.99. The molecule has 3 heteroatoms. The van der Waals surface area contributed by atoms with E-state index in [2.05, 4.69) is 48.8 Å². The molecular formula is C13H25N3. The van der Waals surface area contributed by atoms with Crippen LogP contribution in [0.5, 0.6) is 0 Å². The molecule has 0 aliphatic heterocycles. The van der Waals surface area contributed by atoms with Crippen LogP contribution in [-0.4, -0.2) is 22.1 Å². The van der Waals surface area contributed by atoms with Gasteiger partial charge in [0.25, 0.3) is 0 Å². The van der Waals surface area contributed by atoms with Crippen molar-refractivity contribution in [3.05, 3.63) is 18.2 Å². The molecule has 0 aliphatic rings. The van der Waals surface area contributed by atoms with Gasteiger partial charge >= 0.3 is 0 Å². The van der Waals surface area contributed by atoms with E-state index in [1.54, 1.807) is 0 Å². The molecule has 0 fully saturated rings. The van der Waals surface area contributed by atoms with Crippen LogP contribution in [-0.2, 0) is 13.0 Å². The Kier molecular flexibility index (Phi) is 5.53. The lowest BCUT2D eigenvalue weighted by Crippen LogP contribution is -2.34. The van der Waals surface area contributed by atoms with Crippen molar-refractivity contribution in [2.75, 3.05) is 6.54 Å². The summed E-state index contributed by atoms with van der Waals surface area (Å²) in [4.78, 5) is 4.41. The van der Waals surface area contributed by atoms with Gasteiger partial charge in [0.15, 0.2) is 0 Å². The van der Waals surface area contributed by atoms with Crippen LogP contribution in [0.4, 0.5) is 0 Å². The maximum absolute atomic E-state index is 4.41. The Labute approximate surface area is 99.3 Å². The molecule has 1 aromatic heterocycles. The molecule has 16 heavy (non-hydrogen) atoms. The van der Waals surface area contributed by atoms with E-state index in [9.17, 15) is 0 Å².